The Balaban J connectivity index is 3.05. The largest absolute Gasteiger partial charge is 0.477 e. The molecule has 6 heteroatoms. The monoisotopic (exact) mass is 237 g/mol. The van der Waals surface area contributed by atoms with Gasteiger partial charge in [0.15, 0.2) is 0 Å². The summed E-state index contributed by atoms with van der Waals surface area (Å²) in [5.41, 5.74) is 5.71. The lowest BCUT2D eigenvalue weighted by Gasteiger charge is -2.27. The second kappa shape index (κ2) is 5.29. The summed E-state index contributed by atoms with van der Waals surface area (Å²) in [4.78, 5) is 27.2. The SMILES string of the molecule is CC(C)N(CC(N)=O)c1ccnc(C(=O)O)c1. The van der Waals surface area contributed by atoms with Crippen LogP contribution in [0.15, 0.2) is 18.3 Å². The molecule has 0 aliphatic heterocycles. The van der Waals surface area contributed by atoms with Crippen LogP contribution < -0.4 is 10.6 Å². The summed E-state index contributed by atoms with van der Waals surface area (Å²) in [6, 6.07) is 3.10. The molecule has 92 valence electrons. The number of aromatic carboxylic acids is 1. The van der Waals surface area contributed by atoms with E-state index in [0.717, 1.165) is 0 Å². The Morgan fingerprint density at radius 3 is 2.65 bits per heavy atom. The summed E-state index contributed by atoms with van der Waals surface area (Å²) in [6.45, 7) is 3.83. The van der Waals surface area contributed by atoms with Gasteiger partial charge in [-0.3, -0.25) is 4.79 Å². The van der Waals surface area contributed by atoms with Crippen molar-refractivity contribution in [1.82, 2.24) is 4.98 Å². The van der Waals surface area contributed by atoms with Crippen molar-refractivity contribution in [3.8, 4) is 0 Å². The molecule has 0 saturated carbocycles. The van der Waals surface area contributed by atoms with E-state index < -0.39 is 11.9 Å². The highest BCUT2D eigenvalue weighted by Crippen LogP contribution is 2.17. The molecule has 0 saturated heterocycles. The number of nitrogens with two attached hydrogens (primary N) is 1. The second-order valence-electron chi connectivity index (χ2n) is 3.89. The number of rotatable bonds is 5. The van der Waals surface area contributed by atoms with Gasteiger partial charge in [-0.15, -0.1) is 0 Å². The van der Waals surface area contributed by atoms with Gasteiger partial charge in [-0.05, 0) is 26.0 Å². The van der Waals surface area contributed by atoms with Crippen molar-refractivity contribution in [2.45, 2.75) is 19.9 Å². The summed E-state index contributed by atoms with van der Waals surface area (Å²) in [5.74, 6) is -1.57. The zero-order valence-electron chi connectivity index (χ0n) is 9.75. The van der Waals surface area contributed by atoms with E-state index in [1.807, 2.05) is 13.8 Å². The van der Waals surface area contributed by atoms with Crippen LogP contribution in [0.4, 0.5) is 5.69 Å². The lowest BCUT2D eigenvalue weighted by Crippen LogP contribution is -2.38. The summed E-state index contributed by atoms with van der Waals surface area (Å²) in [7, 11) is 0. The second-order valence-corrected chi connectivity index (χ2v) is 3.89. The van der Waals surface area contributed by atoms with E-state index in [2.05, 4.69) is 4.98 Å². The smallest absolute Gasteiger partial charge is 0.354 e. The molecule has 1 heterocycles. The molecule has 1 rings (SSSR count). The van der Waals surface area contributed by atoms with Gasteiger partial charge < -0.3 is 15.7 Å². The van der Waals surface area contributed by atoms with Crippen molar-refractivity contribution in [2.24, 2.45) is 5.73 Å². The number of carboxylic acid groups (broad SMARTS) is 1. The van der Waals surface area contributed by atoms with E-state index in [0.29, 0.717) is 5.69 Å². The molecule has 3 N–H and O–H groups in total. The van der Waals surface area contributed by atoms with Crippen LogP contribution in [0.1, 0.15) is 24.3 Å². The Morgan fingerprint density at radius 1 is 1.53 bits per heavy atom. The Kier molecular flexibility index (Phi) is 4.03. The first-order chi connectivity index (χ1) is 7.91. The van der Waals surface area contributed by atoms with Gasteiger partial charge in [0.05, 0.1) is 6.54 Å². The van der Waals surface area contributed by atoms with E-state index in [1.165, 1.54) is 12.3 Å². The van der Waals surface area contributed by atoms with E-state index in [9.17, 15) is 9.59 Å². The van der Waals surface area contributed by atoms with Crippen molar-refractivity contribution < 1.29 is 14.7 Å². The summed E-state index contributed by atoms with van der Waals surface area (Å²) >= 11 is 0. The predicted octanol–water partition coefficient (Wildman–Crippen LogP) is 0.480. The molecule has 0 unspecified atom stereocenters. The molecule has 1 aromatic rings. The van der Waals surface area contributed by atoms with Crippen LogP contribution in [-0.4, -0.2) is 34.6 Å². The van der Waals surface area contributed by atoms with E-state index >= 15 is 0 Å². The predicted molar refractivity (Wildman–Crippen MR) is 62.9 cm³/mol. The van der Waals surface area contributed by atoms with Crippen molar-refractivity contribution in [3.05, 3.63) is 24.0 Å². The molecular weight excluding hydrogens is 222 g/mol. The molecule has 0 aromatic carbocycles. The van der Waals surface area contributed by atoms with Crippen LogP contribution in [0, 0.1) is 0 Å². The zero-order chi connectivity index (χ0) is 13.0. The van der Waals surface area contributed by atoms with Gasteiger partial charge in [-0.25, -0.2) is 9.78 Å². The normalized spacial score (nSPS) is 10.3. The van der Waals surface area contributed by atoms with Gasteiger partial charge in [0.2, 0.25) is 5.91 Å². The Bertz CT molecular complexity index is 432. The van der Waals surface area contributed by atoms with Gasteiger partial charge in [0.25, 0.3) is 0 Å². The molecule has 0 atom stereocenters. The van der Waals surface area contributed by atoms with Crippen LogP contribution in [0.25, 0.3) is 0 Å². The number of hydrogen-bond donors (Lipinski definition) is 2. The first kappa shape index (κ1) is 13.0. The Morgan fingerprint density at radius 2 is 2.18 bits per heavy atom. The minimum atomic E-state index is -1.10. The van der Waals surface area contributed by atoms with E-state index in [-0.39, 0.29) is 18.3 Å². The van der Waals surface area contributed by atoms with Crippen LogP contribution in [0.2, 0.25) is 0 Å². The fourth-order valence-corrected chi connectivity index (χ4v) is 1.45. The summed E-state index contributed by atoms with van der Waals surface area (Å²) in [5, 5.41) is 8.84. The third-order valence-corrected chi connectivity index (χ3v) is 2.24. The quantitative estimate of drug-likeness (QED) is 0.776. The highest BCUT2D eigenvalue weighted by atomic mass is 16.4. The highest BCUT2D eigenvalue weighted by Gasteiger charge is 2.15. The molecule has 0 fully saturated rings. The van der Waals surface area contributed by atoms with Gasteiger partial charge in [0, 0.05) is 17.9 Å². The van der Waals surface area contributed by atoms with Crippen LogP contribution in [0.3, 0.4) is 0 Å². The Hall–Kier alpha value is -2.11. The lowest BCUT2D eigenvalue weighted by molar-refractivity contribution is -0.116. The van der Waals surface area contributed by atoms with Crippen molar-refractivity contribution in [2.75, 3.05) is 11.4 Å². The third kappa shape index (κ3) is 3.44. The average Bonchev–Trinajstić information content (AvgIpc) is 2.25. The summed E-state index contributed by atoms with van der Waals surface area (Å²) < 4.78 is 0. The fraction of sp³-hybridized carbons (Fsp3) is 0.364. The van der Waals surface area contributed by atoms with Gasteiger partial charge in [-0.2, -0.15) is 0 Å². The number of anilines is 1. The topological polar surface area (TPSA) is 96.5 Å². The summed E-state index contributed by atoms with van der Waals surface area (Å²) in [6.07, 6.45) is 1.40. The number of hydrogen-bond acceptors (Lipinski definition) is 4. The highest BCUT2D eigenvalue weighted by molar-refractivity contribution is 5.87. The van der Waals surface area contributed by atoms with Gasteiger partial charge in [0.1, 0.15) is 5.69 Å². The maximum absolute atomic E-state index is 11.0. The number of amides is 1. The first-order valence-corrected chi connectivity index (χ1v) is 5.16. The van der Waals surface area contributed by atoms with Crippen molar-refractivity contribution in [1.29, 1.82) is 0 Å². The minimum absolute atomic E-state index is 0.0338. The molecule has 6 nitrogen and oxygen atoms in total. The molecule has 1 aromatic heterocycles. The number of carboxylic acids is 1. The van der Waals surface area contributed by atoms with Crippen molar-refractivity contribution in [3.63, 3.8) is 0 Å². The fourth-order valence-electron chi connectivity index (χ4n) is 1.45. The molecule has 0 spiro atoms. The molecule has 0 aliphatic carbocycles. The van der Waals surface area contributed by atoms with E-state index in [1.54, 1.807) is 11.0 Å². The standard InChI is InChI=1S/C11H15N3O3/c1-7(2)14(6-10(12)15)8-3-4-13-9(5-8)11(16)17/h3-5,7H,6H2,1-2H3,(H2,12,15)(H,16,17). The van der Waals surface area contributed by atoms with Gasteiger partial charge >= 0.3 is 5.97 Å². The maximum atomic E-state index is 11.0. The number of nitrogens with zero attached hydrogens (tertiary/aromatic N) is 2. The molecule has 0 radical (unpaired) electrons. The average molecular weight is 237 g/mol. The molecular formula is C11H15N3O3. The van der Waals surface area contributed by atoms with E-state index in [4.69, 9.17) is 10.8 Å². The van der Waals surface area contributed by atoms with Gasteiger partial charge in [-0.1, -0.05) is 0 Å². The van der Waals surface area contributed by atoms with Crippen LogP contribution >= 0.6 is 0 Å². The number of pyridine rings is 1. The molecule has 17 heavy (non-hydrogen) atoms. The lowest BCUT2D eigenvalue weighted by atomic mass is 10.2. The number of carbonyl (C=O) groups is 2. The number of aromatic nitrogens is 1. The number of primary amides is 1. The molecule has 0 aliphatic rings. The third-order valence-electron chi connectivity index (χ3n) is 2.24. The maximum Gasteiger partial charge on any atom is 0.354 e. The van der Waals surface area contributed by atoms with Crippen LogP contribution in [0.5, 0.6) is 0 Å². The molecule has 0 bridgehead atoms. The minimum Gasteiger partial charge on any atom is -0.477 e. The van der Waals surface area contributed by atoms with Crippen LogP contribution in [-0.2, 0) is 4.79 Å². The molecule has 1 amide bonds. The van der Waals surface area contributed by atoms with Crippen molar-refractivity contribution >= 4 is 17.6 Å². The zero-order valence-corrected chi connectivity index (χ0v) is 9.75. The first-order valence-electron chi connectivity index (χ1n) is 5.16. The Labute approximate surface area is 99.1 Å². The number of carbonyl (C=O) groups excluding carboxylic acids is 1.